The van der Waals surface area contributed by atoms with Crippen molar-refractivity contribution in [1.29, 1.82) is 0 Å². The molecule has 1 aromatic rings. The monoisotopic (exact) mass is 385 g/mol. The number of rotatable bonds is 13. The average Bonchev–Trinajstić information content (AvgIpc) is 2.68. The van der Waals surface area contributed by atoms with Gasteiger partial charge in [-0.15, -0.1) is 5.19 Å². The largest absolute Gasteiger partial charge is 0.448 e. The molecule has 0 aromatic heterocycles. The third-order valence-corrected chi connectivity index (χ3v) is 5.71. The quantitative estimate of drug-likeness (QED) is 0.212. The van der Waals surface area contributed by atoms with Gasteiger partial charge < -0.3 is 12.7 Å². The van der Waals surface area contributed by atoms with E-state index in [2.05, 4.69) is 27.7 Å². The summed E-state index contributed by atoms with van der Waals surface area (Å²) in [4.78, 5) is 0. The molecule has 0 radical (unpaired) electrons. The van der Waals surface area contributed by atoms with Crippen LogP contribution in [0, 0.1) is 0 Å². The van der Waals surface area contributed by atoms with Crippen LogP contribution in [0.5, 0.6) is 0 Å². The van der Waals surface area contributed by atoms with E-state index in [1.807, 2.05) is 0 Å². The molecule has 1 rings (SSSR count). The Balaban J connectivity index is 0.000000577. The van der Waals surface area contributed by atoms with Crippen LogP contribution in [0.25, 0.3) is 0 Å². The summed E-state index contributed by atoms with van der Waals surface area (Å²) in [5.41, 5.74) is 0. The van der Waals surface area contributed by atoms with Gasteiger partial charge in [-0.3, -0.25) is 0 Å². The van der Waals surface area contributed by atoms with E-state index in [1.165, 1.54) is 94.2 Å². The molecule has 0 fully saturated rings. The fraction of sp³-hybridized carbons (Fsp3) is 0.727. The molecule has 0 bridgehead atoms. The van der Waals surface area contributed by atoms with E-state index in [4.69, 9.17) is 0 Å². The lowest BCUT2D eigenvalue weighted by molar-refractivity contribution is -0.929. The molecule has 0 amide bonds. The van der Waals surface area contributed by atoms with E-state index in [9.17, 15) is 8.22 Å². The van der Waals surface area contributed by atoms with Crippen molar-refractivity contribution in [2.75, 3.05) is 26.2 Å². The Bertz CT molecular complexity index is 374. The highest BCUT2D eigenvalue weighted by Gasteiger charge is 2.24. The molecule has 0 saturated carbocycles. The summed E-state index contributed by atoms with van der Waals surface area (Å²) in [5, 5.41) is 0.183. The molecule has 0 saturated heterocycles. The van der Waals surface area contributed by atoms with Gasteiger partial charge in [-0.25, -0.2) is 0 Å². The Labute approximate surface area is 163 Å². The van der Waals surface area contributed by atoms with Crippen molar-refractivity contribution < 1.29 is 12.7 Å². The normalized spacial score (nSPS) is 11.0. The van der Waals surface area contributed by atoms with E-state index in [0.717, 1.165) is 0 Å². The van der Waals surface area contributed by atoms with Crippen LogP contribution in [-0.4, -0.2) is 40.1 Å². The zero-order chi connectivity index (χ0) is 19.7. The molecule has 0 aliphatic carbocycles. The number of hydrogen-bond acceptors (Lipinski definition) is 0. The summed E-state index contributed by atoms with van der Waals surface area (Å²) in [6.45, 7) is 15.0. The smallest absolute Gasteiger partial charge is 0.0940 e. The molecule has 0 unspecified atom stereocenters. The second-order valence-corrected chi connectivity index (χ2v) is 8.37. The van der Waals surface area contributed by atoms with E-state index in [0.29, 0.717) is 0 Å². The summed E-state index contributed by atoms with van der Waals surface area (Å²) >= 11 is 0. The first-order valence-corrected chi connectivity index (χ1v) is 11.9. The van der Waals surface area contributed by atoms with Crippen LogP contribution in [0.3, 0.4) is 0 Å². The number of halogens is 2. The van der Waals surface area contributed by atoms with E-state index < -0.39 is 9.46 Å². The highest BCUT2D eigenvalue weighted by molar-refractivity contribution is 6.59. The predicted octanol–water partition coefficient (Wildman–Crippen LogP) is 6.32. The number of benzene rings is 1. The minimum Gasteiger partial charge on any atom is -0.448 e. The maximum atomic E-state index is 11.9. The van der Waals surface area contributed by atoms with Gasteiger partial charge in [0.1, 0.15) is 0 Å². The van der Waals surface area contributed by atoms with Crippen molar-refractivity contribution in [3.8, 4) is 0 Å². The summed E-state index contributed by atoms with van der Waals surface area (Å²) in [6, 6.07) is 7.88. The molecule has 0 heterocycles. The summed E-state index contributed by atoms with van der Waals surface area (Å²) in [6.07, 6.45) is 11.1. The zero-order valence-electron chi connectivity index (χ0n) is 17.6. The van der Waals surface area contributed by atoms with Gasteiger partial charge in [0.25, 0.3) is 0 Å². The second-order valence-electron chi connectivity index (χ2n) is 7.28. The SMILES string of the molecule is CCCC[N+](CCCC)(CCCC)CCCC.F[Si-](F)c1ccccc1. The molecule has 1 nitrogen and oxygen atoms in total. The number of nitrogens with zero attached hydrogens (tertiary/aromatic N) is 1. The lowest BCUT2D eigenvalue weighted by Gasteiger charge is -2.39. The molecule has 26 heavy (non-hydrogen) atoms. The van der Waals surface area contributed by atoms with Gasteiger partial charge in [-0.2, -0.15) is 0 Å². The van der Waals surface area contributed by atoms with Crippen LogP contribution in [0.15, 0.2) is 30.3 Å². The Morgan fingerprint density at radius 2 is 1.00 bits per heavy atom. The summed E-state index contributed by atoms with van der Waals surface area (Å²) < 4.78 is 25.2. The van der Waals surface area contributed by atoms with Crippen molar-refractivity contribution in [2.24, 2.45) is 0 Å². The van der Waals surface area contributed by atoms with Crippen LogP contribution in [0.4, 0.5) is 8.22 Å². The Morgan fingerprint density at radius 3 is 1.23 bits per heavy atom. The highest BCUT2D eigenvalue weighted by atomic mass is 28.4. The van der Waals surface area contributed by atoms with Crippen LogP contribution in [-0.2, 0) is 0 Å². The van der Waals surface area contributed by atoms with Crippen molar-refractivity contribution >= 4 is 14.7 Å². The fourth-order valence-electron chi connectivity index (χ4n) is 3.21. The van der Waals surface area contributed by atoms with E-state index in [1.54, 1.807) is 18.2 Å². The van der Waals surface area contributed by atoms with Crippen LogP contribution in [0.2, 0.25) is 0 Å². The standard InChI is InChI=1S/C16H36N.C6H5F2Si/c1-5-9-13-17(14-10-6-2,15-11-7-3)16-12-8-4;7-9(8)6-4-2-1-3-5-6/h5-16H2,1-4H3;1-5H/q+1;-1. The topological polar surface area (TPSA) is 0 Å². The van der Waals surface area contributed by atoms with Gasteiger partial charge in [0.2, 0.25) is 0 Å². The maximum Gasteiger partial charge on any atom is 0.0940 e. The fourth-order valence-corrected chi connectivity index (χ4v) is 3.65. The van der Waals surface area contributed by atoms with Crippen molar-refractivity contribution in [3.63, 3.8) is 0 Å². The van der Waals surface area contributed by atoms with Crippen molar-refractivity contribution in [3.05, 3.63) is 30.3 Å². The third-order valence-electron chi connectivity index (χ3n) is 4.94. The molecule has 0 aliphatic rings. The minimum absolute atomic E-state index is 0.183. The zero-order valence-corrected chi connectivity index (χ0v) is 18.6. The van der Waals surface area contributed by atoms with Crippen molar-refractivity contribution in [1.82, 2.24) is 0 Å². The van der Waals surface area contributed by atoms with Gasteiger partial charge in [-0.05, 0) is 25.7 Å². The average molecular weight is 386 g/mol. The van der Waals surface area contributed by atoms with Crippen LogP contribution >= 0.6 is 0 Å². The number of hydrogen-bond donors (Lipinski definition) is 0. The lowest BCUT2D eigenvalue weighted by atomic mass is 10.1. The molecule has 0 spiro atoms. The summed E-state index contributed by atoms with van der Waals surface area (Å²) in [7, 11) is -3.21. The maximum absolute atomic E-state index is 11.9. The Kier molecular flexibility index (Phi) is 16.0. The van der Waals surface area contributed by atoms with Crippen molar-refractivity contribution in [2.45, 2.75) is 79.1 Å². The molecule has 0 aliphatic heterocycles. The van der Waals surface area contributed by atoms with E-state index in [-0.39, 0.29) is 5.19 Å². The molecular weight excluding hydrogens is 344 g/mol. The van der Waals surface area contributed by atoms with Gasteiger partial charge in [0.05, 0.1) is 35.6 Å². The van der Waals surface area contributed by atoms with Gasteiger partial charge in [0, 0.05) is 0 Å². The molecule has 0 atom stereocenters. The highest BCUT2D eigenvalue weighted by Crippen LogP contribution is 2.16. The minimum atomic E-state index is -3.21. The molecule has 0 N–H and O–H groups in total. The third kappa shape index (κ3) is 11.8. The first-order valence-electron chi connectivity index (χ1n) is 10.6. The molecule has 4 heteroatoms. The van der Waals surface area contributed by atoms with Gasteiger partial charge in [0.15, 0.2) is 0 Å². The van der Waals surface area contributed by atoms with Crippen LogP contribution < -0.4 is 5.19 Å². The van der Waals surface area contributed by atoms with Gasteiger partial charge >= 0.3 is 0 Å². The summed E-state index contributed by atoms with van der Waals surface area (Å²) in [5.74, 6) is 0. The molecular formula is C22H41F2NSi. The molecule has 152 valence electrons. The molecule has 1 aromatic carbocycles. The van der Waals surface area contributed by atoms with Gasteiger partial charge in [-0.1, -0.05) is 83.7 Å². The first kappa shape index (κ1) is 25.3. The van der Waals surface area contributed by atoms with Crippen LogP contribution in [0.1, 0.15) is 79.1 Å². The Morgan fingerprint density at radius 1 is 0.654 bits per heavy atom. The van der Waals surface area contributed by atoms with E-state index >= 15 is 0 Å². The lowest BCUT2D eigenvalue weighted by Crippen LogP contribution is -2.50. The second kappa shape index (κ2) is 16.4. The number of quaternary nitrogens is 1. The number of unbranched alkanes of at least 4 members (excludes halogenated alkanes) is 4. The first-order chi connectivity index (χ1) is 12.5. The Hall–Kier alpha value is -0.743. The predicted molar refractivity (Wildman–Crippen MR) is 113 cm³/mol.